The van der Waals surface area contributed by atoms with Crippen molar-refractivity contribution in [3.63, 3.8) is 0 Å². The average Bonchev–Trinajstić information content (AvgIpc) is 2.81. The molecule has 1 heterocycles. The molecule has 0 aromatic rings. The highest BCUT2D eigenvalue weighted by Gasteiger charge is 2.20. The van der Waals surface area contributed by atoms with Gasteiger partial charge < -0.3 is 15.3 Å². The van der Waals surface area contributed by atoms with Crippen LogP contribution in [-0.2, 0) is 0 Å². The quantitative estimate of drug-likeness (QED) is 0.766. The largest absolute Gasteiger partial charge is 0.393 e. The van der Waals surface area contributed by atoms with Crippen LogP contribution in [0.15, 0.2) is 0 Å². The minimum atomic E-state index is -0.0323. The van der Waals surface area contributed by atoms with E-state index < -0.39 is 0 Å². The maximum Gasteiger partial charge on any atom is 0.0541 e. The van der Waals surface area contributed by atoms with Gasteiger partial charge in [-0.1, -0.05) is 6.92 Å². The summed E-state index contributed by atoms with van der Waals surface area (Å²) in [5.74, 6) is 0.750. The average molecular weight is 240 g/mol. The molecule has 0 aromatic heterocycles. The van der Waals surface area contributed by atoms with Gasteiger partial charge in [0.2, 0.25) is 0 Å². The van der Waals surface area contributed by atoms with Gasteiger partial charge in [0.15, 0.2) is 0 Å². The van der Waals surface area contributed by atoms with E-state index in [9.17, 15) is 5.11 Å². The minimum absolute atomic E-state index is 0.0323. The Bertz CT molecular complexity index is 208. The molecule has 3 heteroatoms. The van der Waals surface area contributed by atoms with Crippen molar-refractivity contribution in [3.8, 4) is 0 Å². The zero-order valence-electron chi connectivity index (χ0n) is 11.2. The molecule has 0 spiro atoms. The Hall–Kier alpha value is -0.120. The summed E-state index contributed by atoms with van der Waals surface area (Å²) in [6.07, 6.45) is 7.02. The van der Waals surface area contributed by atoms with Crippen molar-refractivity contribution in [2.45, 2.75) is 57.6 Å². The van der Waals surface area contributed by atoms with Gasteiger partial charge in [-0.2, -0.15) is 0 Å². The third kappa shape index (κ3) is 4.57. The fraction of sp³-hybridized carbons (Fsp3) is 1.00. The molecule has 0 bridgehead atoms. The second-order valence-electron chi connectivity index (χ2n) is 6.03. The van der Waals surface area contributed by atoms with Crippen molar-refractivity contribution in [3.05, 3.63) is 0 Å². The Morgan fingerprint density at radius 3 is 2.47 bits per heavy atom. The zero-order chi connectivity index (χ0) is 12.1. The summed E-state index contributed by atoms with van der Waals surface area (Å²) in [5, 5.41) is 13.1. The molecular formula is C14H28N2O. The van der Waals surface area contributed by atoms with Crippen LogP contribution in [0.1, 0.15) is 45.4 Å². The van der Waals surface area contributed by atoms with Crippen LogP contribution in [0, 0.1) is 5.92 Å². The summed E-state index contributed by atoms with van der Waals surface area (Å²) in [4.78, 5) is 2.59. The number of nitrogens with zero attached hydrogens (tertiary/aromatic N) is 1. The second-order valence-corrected chi connectivity index (χ2v) is 6.03. The van der Waals surface area contributed by atoms with Gasteiger partial charge >= 0.3 is 0 Å². The van der Waals surface area contributed by atoms with Gasteiger partial charge in [-0.3, -0.25) is 0 Å². The molecule has 1 aliphatic heterocycles. The van der Waals surface area contributed by atoms with Crippen molar-refractivity contribution in [2.75, 3.05) is 26.2 Å². The van der Waals surface area contributed by atoms with Crippen LogP contribution >= 0.6 is 0 Å². The van der Waals surface area contributed by atoms with Crippen molar-refractivity contribution in [1.82, 2.24) is 10.2 Å². The Morgan fingerprint density at radius 2 is 1.82 bits per heavy atom. The summed E-state index contributed by atoms with van der Waals surface area (Å²) in [5.41, 5.74) is 0. The fourth-order valence-electron chi connectivity index (χ4n) is 3.12. The third-order valence-corrected chi connectivity index (χ3v) is 4.22. The van der Waals surface area contributed by atoms with Gasteiger partial charge in [0, 0.05) is 12.6 Å². The molecule has 1 atom stereocenters. The second kappa shape index (κ2) is 6.72. The number of hydrogen-bond donors (Lipinski definition) is 2. The summed E-state index contributed by atoms with van der Waals surface area (Å²) < 4.78 is 0. The van der Waals surface area contributed by atoms with E-state index in [1.54, 1.807) is 0 Å². The van der Waals surface area contributed by atoms with Crippen molar-refractivity contribution in [1.29, 1.82) is 0 Å². The number of aliphatic hydroxyl groups is 1. The summed E-state index contributed by atoms with van der Waals surface area (Å²) >= 11 is 0. The number of hydrogen-bond acceptors (Lipinski definition) is 3. The van der Waals surface area contributed by atoms with Gasteiger partial charge in [-0.15, -0.1) is 0 Å². The molecule has 1 saturated heterocycles. The molecule has 2 rings (SSSR count). The zero-order valence-corrected chi connectivity index (χ0v) is 11.2. The molecule has 2 fully saturated rings. The lowest BCUT2D eigenvalue weighted by molar-refractivity contribution is 0.115. The monoisotopic (exact) mass is 240 g/mol. The molecule has 1 aliphatic carbocycles. The van der Waals surface area contributed by atoms with Crippen LogP contribution in [0.5, 0.6) is 0 Å². The Kier molecular flexibility index (Phi) is 5.26. The minimum Gasteiger partial charge on any atom is -0.393 e. The number of rotatable bonds is 5. The van der Waals surface area contributed by atoms with Gasteiger partial charge in [0.25, 0.3) is 0 Å². The summed E-state index contributed by atoms with van der Waals surface area (Å²) in [6, 6.07) is 0.652. The number of nitrogens with one attached hydrogen (secondary N) is 1. The predicted octanol–water partition coefficient (Wildman–Crippen LogP) is 1.61. The van der Waals surface area contributed by atoms with E-state index in [0.29, 0.717) is 6.04 Å². The molecule has 1 saturated carbocycles. The maximum absolute atomic E-state index is 9.46. The molecule has 2 aliphatic rings. The first kappa shape index (κ1) is 13.3. The molecule has 2 N–H and O–H groups in total. The SMILES string of the molecule is CC(CNC1CCC(O)CC1)CN1CCCC1. The molecule has 100 valence electrons. The predicted molar refractivity (Wildman–Crippen MR) is 71.1 cm³/mol. The standard InChI is InChI=1S/C14H28N2O/c1-12(11-16-8-2-3-9-16)10-15-13-4-6-14(17)7-5-13/h12-15,17H,2-11H2,1H3. The van der Waals surface area contributed by atoms with E-state index in [-0.39, 0.29) is 6.10 Å². The van der Waals surface area contributed by atoms with Crippen molar-refractivity contribution >= 4 is 0 Å². The number of aliphatic hydroxyl groups excluding tert-OH is 1. The van der Waals surface area contributed by atoms with Gasteiger partial charge in [-0.05, 0) is 64.1 Å². The Morgan fingerprint density at radius 1 is 1.18 bits per heavy atom. The van der Waals surface area contributed by atoms with E-state index in [0.717, 1.165) is 38.1 Å². The van der Waals surface area contributed by atoms with Crippen LogP contribution in [0.25, 0.3) is 0 Å². The van der Waals surface area contributed by atoms with Gasteiger partial charge in [-0.25, -0.2) is 0 Å². The highest BCUT2D eigenvalue weighted by molar-refractivity contribution is 4.78. The van der Waals surface area contributed by atoms with Gasteiger partial charge in [0.05, 0.1) is 6.10 Å². The highest BCUT2D eigenvalue weighted by Crippen LogP contribution is 2.18. The normalized spacial score (nSPS) is 32.8. The van der Waals surface area contributed by atoms with E-state index in [1.165, 1.54) is 32.5 Å². The molecule has 17 heavy (non-hydrogen) atoms. The van der Waals surface area contributed by atoms with Crippen molar-refractivity contribution < 1.29 is 5.11 Å². The van der Waals surface area contributed by atoms with E-state index >= 15 is 0 Å². The topological polar surface area (TPSA) is 35.5 Å². The van der Waals surface area contributed by atoms with Crippen LogP contribution in [0.4, 0.5) is 0 Å². The summed E-state index contributed by atoms with van der Waals surface area (Å²) in [6.45, 7) is 7.35. The van der Waals surface area contributed by atoms with Crippen LogP contribution in [-0.4, -0.2) is 48.3 Å². The highest BCUT2D eigenvalue weighted by atomic mass is 16.3. The van der Waals surface area contributed by atoms with Crippen LogP contribution < -0.4 is 5.32 Å². The lowest BCUT2D eigenvalue weighted by Crippen LogP contribution is -2.39. The first-order valence-corrected chi connectivity index (χ1v) is 7.38. The smallest absolute Gasteiger partial charge is 0.0541 e. The molecule has 1 unspecified atom stereocenters. The molecule has 0 amide bonds. The third-order valence-electron chi connectivity index (χ3n) is 4.22. The first-order valence-electron chi connectivity index (χ1n) is 7.38. The Balaban J connectivity index is 1.57. The van der Waals surface area contributed by atoms with E-state index in [4.69, 9.17) is 0 Å². The van der Waals surface area contributed by atoms with Gasteiger partial charge in [0.1, 0.15) is 0 Å². The maximum atomic E-state index is 9.46. The van der Waals surface area contributed by atoms with Crippen LogP contribution in [0.3, 0.4) is 0 Å². The molecular weight excluding hydrogens is 212 g/mol. The molecule has 0 radical (unpaired) electrons. The fourth-order valence-corrected chi connectivity index (χ4v) is 3.12. The molecule has 0 aromatic carbocycles. The van der Waals surface area contributed by atoms with E-state index in [1.807, 2.05) is 0 Å². The first-order chi connectivity index (χ1) is 8.24. The van der Waals surface area contributed by atoms with Crippen molar-refractivity contribution in [2.24, 2.45) is 5.92 Å². The lowest BCUT2D eigenvalue weighted by atomic mass is 9.93. The molecule has 3 nitrogen and oxygen atoms in total. The van der Waals surface area contributed by atoms with Crippen LogP contribution in [0.2, 0.25) is 0 Å². The van der Waals surface area contributed by atoms with E-state index in [2.05, 4.69) is 17.1 Å². The lowest BCUT2D eigenvalue weighted by Gasteiger charge is -2.28. The summed E-state index contributed by atoms with van der Waals surface area (Å²) in [7, 11) is 0. The number of likely N-dealkylation sites (tertiary alicyclic amines) is 1. The Labute approximate surface area is 106 Å².